The van der Waals surface area contributed by atoms with E-state index in [1.54, 1.807) is 29.4 Å². The zero-order valence-corrected chi connectivity index (χ0v) is 22.6. The predicted molar refractivity (Wildman–Crippen MR) is 146 cm³/mol. The number of carbonyl (C=O) groups excluding carboxylic acids is 2. The standard InChI is InChI=1S/C26H21Cl2N5O3.C2H6/c27-20-7-6-15(11-21(20)28)26(35)32-9-8-22-19(13-32)24-23-17(14-36-31-23)10-16(12-33(24)30-22)25(34)29-18-4-2-1-3-5-18;1-2/h1-7,11,14,16H,8-10,12-13H2,(H,29,34);1-2H3. The van der Waals surface area contributed by atoms with E-state index in [1.807, 2.05) is 48.9 Å². The Morgan fingerprint density at radius 2 is 1.87 bits per heavy atom. The first-order chi connectivity index (χ1) is 18.5. The number of para-hydroxylation sites is 1. The fraction of sp³-hybridized carbons (Fsp3) is 0.286. The number of carbonyl (C=O) groups is 2. The van der Waals surface area contributed by atoms with Gasteiger partial charge in [0.1, 0.15) is 12.0 Å². The van der Waals surface area contributed by atoms with Crippen LogP contribution in [0.15, 0.2) is 59.3 Å². The third kappa shape index (κ3) is 4.93. The van der Waals surface area contributed by atoms with Crippen LogP contribution in [0.25, 0.3) is 11.4 Å². The van der Waals surface area contributed by atoms with Crippen LogP contribution < -0.4 is 5.32 Å². The highest BCUT2D eigenvalue weighted by atomic mass is 35.5. The van der Waals surface area contributed by atoms with Gasteiger partial charge in [0.05, 0.1) is 40.4 Å². The SMILES string of the molecule is CC.O=C(Nc1ccccc1)C1Cc2conc2-c2c3c(nn2C1)CCN(C(=O)c1ccc(Cl)c(Cl)c1)C3. The summed E-state index contributed by atoms with van der Waals surface area (Å²) in [5.74, 6) is -0.584. The third-order valence-electron chi connectivity index (χ3n) is 6.69. The van der Waals surface area contributed by atoms with Crippen molar-refractivity contribution in [3.63, 3.8) is 0 Å². The van der Waals surface area contributed by atoms with E-state index < -0.39 is 0 Å². The van der Waals surface area contributed by atoms with Crippen molar-refractivity contribution in [3.05, 3.63) is 87.2 Å². The van der Waals surface area contributed by atoms with Crippen LogP contribution in [0.1, 0.15) is 41.0 Å². The quantitative estimate of drug-likeness (QED) is 0.343. The first-order valence-electron chi connectivity index (χ1n) is 12.6. The summed E-state index contributed by atoms with van der Waals surface area (Å²) in [7, 11) is 0. The van der Waals surface area contributed by atoms with E-state index in [4.69, 9.17) is 32.8 Å². The highest BCUT2D eigenvalue weighted by Crippen LogP contribution is 2.36. The molecule has 0 fully saturated rings. The molecule has 0 radical (unpaired) electrons. The lowest BCUT2D eigenvalue weighted by Gasteiger charge is -2.27. The van der Waals surface area contributed by atoms with Crippen molar-refractivity contribution in [3.8, 4) is 11.4 Å². The van der Waals surface area contributed by atoms with E-state index in [2.05, 4.69) is 10.5 Å². The number of aromatic nitrogens is 3. The molecule has 2 aromatic heterocycles. The first-order valence-corrected chi connectivity index (χ1v) is 13.4. The van der Waals surface area contributed by atoms with Gasteiger partial charge < -0.3 is 14.7 Å². The highest BCUT2D eigenvalue weighted by Gasteiger charge is 2.35. The molecule has 4 aromatic rings. The lowest BCUT2D eigenvalue weighted by atomic mass is 9.98. The third-order valence-corrected chi connectivity index (χ3v) is 7.43. The maximum atomic E-state index is 13.3. The minimum atomic E-state index is -0.361. The number of nitrogens with one attached hydrogen (secondary N) is 1. The lowest BCUT2D eigenvalue weighted by Crippen LogP contribution is -2.36. The van der Waals surface area contributed by atoms with Crippen molar-refractivity contribution in [2.75, 3.05) is 11.9 Å². The van der Waals surface area contributed by atoms with Crippen molar-refractivity contribution >= 4 is 40.7 Å². The van der Waals surface area contributed by atoms with Crippen LogP contribution in [-0.4, -0.2) is 38.2 Å². The van der Waals surface area contributed by atoms with Gasteiger partial charge in [-0.2, -0.15) is 5.10 Å². The van der Waals surface area contributed by atoms with E-state index in [-0.39, 0.29) is 17.7 Å². The molecule has 1 unspecified atom stereocenters. The molecule has 8 nitrogen and oxygen atoms in total. The monoisotopic (exact) mass is 551 g/mol. The Morgan fingerprint density at radius 3 is 2.63 bits per heavy atom. The summed E-state index contributed by atoms with van der Waals surface area (Å²) in [4.78, 5) is 28.2. The van der Waals surface area contributed by atoms with Gasteiger partial charge in [0.15, 0.2) is 0 Å². The Morgan fingerprint density at radius 1 is 1.08 bits per heavy atom. The van der Waals surface area contributed by atoms with Crippen LogP contribution in [0.2, 0.25) is 10.0 Å². The fourth-order valence-corrected chi connectivity index (χ4v) is 5.18. The van der Waals surface area contributed by atoms with E-state index in [1.165, 1.54) is 0 Å². The summed E-state index contributed by atoms with van der Waals surface area (Å²) in [6, 6.07) is 14.3. The summed E-state index contributed by atoms with van der Waals surface area (Å²) >= 11 is 12.2. The molecule has 10 heteroatoms. The van der Waals surface area contributed by atoms with Crippen LogP contribution in [0.4, 0.5) is 5.69 Å². The number of anilines is 1. The number of hydrogen-bond acceptors (Lipinski definition) is 5. The maximum absolute atomic E-state index is 13.3. The van der Waals surface area contributed by atoms with Crippen LogP contribution >= 0.6 is 23.2 Å². The van der Waals surface area contributed by atoms with Crippen LogP contribution in [0.5, 0.6) is 0 Å². The molecule has 0 saturated heterocycles. The van der Waals surface area contributed by atoms with Gasteiger partial charge in [0.25, 0.3) is 5.91 Å². The van der Waals surface area contributed by atoms with Gasteiger partial charge in [-0.3, -0.25) is 14.3 Å². The van der Waals surface area contributed by atoms with Gasteiger partial charge in [-0.1, -0.05) is 60.4 Å². The number of hydrogen-bond donors (Lipinski definition) is 1. The number of benzene rings is 2. The van der Waals surface area contributed by atoms with Crippen LogP contribution in [-0.2, 0) is 30.7 Å². The summed E-state index contributed by atoms with van der Waals surface area (Å²) in [5.41, 5.74) is 5.37. The molecule has 4 heterocycles. The largest absolute Gasteiger partial charge is 0.364 e. The molecule has 0 bridgehead atoms. The summed E-state index contributed by atoms with van der Waals surface area (Å²) in [6.07, 6.45) is 2.66. The molecule has 1 atom stereocenters. The number of fused-ring (bicyclic) bond motifs is 5. The summed E-state index contributed by atoms with van der Waals surface area (Å²) in [6.45, 7) is 5.29. The van der Waals surface area contributed by atoms with E-state index in [0.717, 1.165) is 28.2 Å². The highest BCUT2D eigenvalue weighted by molar-refractivity contribution is 6.42. The van der Waals surface area contributed by atoms with Gasteiger partial charge >= 0.3 is 0 Å². The average molecular weight is 552 g/mol. The average Bonchev–Trinajstić information content (AvgIpc) is 3.50. The van der Waals surface area contributed by atoms with E-state index in [0.29, 0.717) is 53.8 Å². The Kier molecular flexibility index (Phi) is 7.53. The van der Waals surface area contributed by atoms with Crippen LogP contribution in [0, 0.1) is 5.92 Å². The van der Waals surface area contributed by atoms with Crippen molar-refractivity contribution in [1.29, 1.82) is 0 Å². The molecule has 2 amide bonds. The van der Waals surface area contributed by atoms with Gasteiger partial charge in [-0.15, -0.1) is 0 Å². The molecule has 2 aromatic carbocycles. The van der Waals surface area contributed by atoms with Crippen molar-refractivity contribution in [2.45, 2.75) is 39.8 Å². The summed E-state index contributed by atoms with van der Waals surface area (Å²) in [5, 5.41) is 12.8. The number of rotatable bonds is 3. The maximum Gasteiger partial charge on any atom is 0.254 e. The van der Waals surface area contributed by atoms with Crippen LogP contribution in [0.3, 0.4) is 0 Å². The first kappa shape index (κ1) is 26.0. The summed E-state index contributed by atoms with van der Waals surface area (Å²) < 4.78 is 7.17. The molecule has 0 saturated carbocycles. The van der Waals surface area contributed by atoms with Gasteiger partial charge in [-0.05, 0) is 36.8 Å². The molecule has 196 valence electrons. The van der Waals surface area contributed by atoms with Gasteiger partial charge in [0, 0.05) is 35.3 Å². The molecule has 38 heavy (non-hydrogen) atoms. The molecular formula is C28H27Cl2N5O3. The molecular weight excluding hydrogens is 525 g/mol. The van der Waals surface area contributed by atoms with E-state index in [9.17, 15) is 9.59 Å². The number of nitrogens with zero attached hydrogens (tertiary/aromatic N) is 4. The zero-order chi connectivity index (χ0) is 26.8. The molecule has 1 N–H and O–H groups in total. The van der Waals surface area contributed by atoms with Crippen molar-refractivity contribution in [2.24, 2.45) is 5.92 Å². The van der Waals surface area contributed by atoms with Crippen molar-refractivity contribution < 1.29 is 14.1 Å². The van der Waals surface area contributed by atoms with Gasteiger partial charge in [-0.25, -0.2) is 0 Å². The Hall–Kier alpha value is -3.62. The van der Waals surface area contributed by atoms with E-state index >= 15 is 0 Å². The second-order valence-electron chi connectivity index (χ2n) is 9.01. The molecule has 6 rings (SSSR count). The molecule has 2 aliphatic heterocycles. The minimum Gasteiger partial charge on any atom is -0.364 e. The number of amides is 2. The Balaban J connectivity index is 0.00000144. The second kappa shape index (κ2) is 11.0. The lowest BCUT2D eigenvalue weighted by molar-refractivity contribution is -0.120. The topological polar surface area (TPSA) is 93.3 Å². The molecule has 0 spiro atoms. The Labute approximate surface area is 230 Å². The Bertz CT molecular complexity index is 1480. The molecule has 0 aliphatic carbocycles. The van der Waals surface area contributed by atoms with Crippen molar-refractivity contribution in [1.82, 2.24) is 19.8 Å². The predicted octanol–water partition coefficient (Wildman–Crippen LogP) is 5.88. The fourth-order valence-electron chi connectivity index (χ4n) is 4.89. The minimum absolute atomic E-state index is 0.0916. The zero-order valence-electron chi connectivity index (χ0n) is 21.1. The smallest absolute Gasteiger partial charge is 0.254 e. The normalized spacial score (nSPS) is 15.8. The number of halogens is 2. The molecule has 2 aliphatic rings. The van der Waals surface area contributed by atoms with Gasteiger partial charge in [0.2, 0.25) is 5.91 Å². The second-order valence-corrected chi connectivity index (χ2v) is 9.82.